The lowest BCUT2D eigenvalue weighted by molar-refractivity contribution is 0.339. The van der Waals surface area contributed by atoms with Crippen LogP contribution in [0.5, 0.6) is 5.75 Å². The van der Waals surface area contributed by atoms with Crippen LogP contribution in [-0.4, -0.2) is 18.6 Å². The summed E-state index contributed by atoms with van der Waals surface area (Å²) in [6, 6.07) is 4.20. The third-order valence-corrected chi connectivity index (χ3v) is 2.86. The Bertz CT molecular complexity index is 302. The molecule has 1 aromatic rings. The van der Waals surface area contributed by atoms with E-state index in [0.29, 0.717) is 6.54 Å². The number of nitrogens with two attached hydrogens (primary N) is 1. The monoisotopic (exact) mass is 225 g/mol. The Balaban J connectivity index is 2.79. The van der Waals surface area contributed by atoms with E-state index in [4.69, 9.17) is 10.5 Å². The number of thioether (sulfide) groups is 1. The van der Waals surface area contributed by atoms with Gasteiger partial charge in [-0.05, 0) is 36.8 Å². The highest BCUT2D eigenvalue weighted by Crippen LogP contribution is 2.24. The van der Waals surface area contributed by atoms with Crippen LogP contribution < -0.4 is 10.5 Å². The first-order chi connectivity index (χ1) is 7.19. The molecule has 0 aliphatic heterocycles. The van der Waals surface area contributed by atoms with Crippen molar-refractivity contribution in [3.8, 4) is 5.75 Å². The number of rotatable bonds is 5. The summed E-state index contributed by atoms with van der Waals surface area (Å²) in [5.74, 6) is 2.04. The van der Waals surface area contributed by atoms with Gasteiger partial charge in [-0.15, -0.1) is 0 Å². The van der Waals surface area contributed by atoms with Crippen molar-refractivity contribution >= 4 is 11.8 Å². The molecule has 0 radical (unpaired) electrons. The van der Waals surface area contributed by atoms with Crippen LogP contribution in [0.1, 0.15) is 16.7 Å². The van der Waals surface area contributed by atoms with E-state index in [1.54, 1.807) is 11.8 Å². The van der Waals surface area contributed by atoms with Crippen LogP contribution in [0.25, 0.3) is 0 Å². The fourth-order valence-corrected chi connectivity index (χ4v) is 1.86. The molecule has 0 aliphatic carbocycles. The minimum absolute atomic E-state index is 0.590. The summed E-state index contributed by atoms with van der Waals surface area (Å²) in [7, 11) is 0. The maximum absolute atomic E-state index is 5.75. The first-order valence-corrected chi connectivity index (χ1v) is 6.50. The van der Waals surface area contributed by atoms with Crippen LogP contribution in [0.3, 0.4) is 0 Å². The molecular weight excluding hydrogens is 206 g/mol. The topological polar surface area (TPSA) is 35.2 Å². The standard InChI is InChI=1S/C12H19NOS/c1-9-6-11(8-13)7-10(2)12(9)14-4-5-15-3/h6-7H,4-5,8,13H2,1-3H3. The number of benzene rings is 1. The number of ether oxygens (including phenoxy) is 1. The average molecular weight is 225 g/mol. The predicted molar refractivity (Wildman–Crippen MR) is 67.7 cm³/mol. The minimum Gasteiger partial charge on any atom is -0.492 e. The van der Waals surface area contributed by atoms with Crippen molar-refractivity contribution in [3.63, 3.8) is 0 Å². The smallest absolute Gasteiger partial charge is 0.125 e. The van der Waals surface area contributed by atoms with Gasteiger partial charge in [0.25, 0.3) is 0 Å². The molecule has 0 amide bonds. The molecule has 1 rings (SSSR count). The van der Waals surface area contributed by atoms with Gasteiger partial charge in [0, 0.05) is 12.3 Å². The Hall–Kier alpha value is -0.670. The second-order valence-electron chi connectivity index (χ2n) is 3.60. The van der Waals surface area contributed by atoms with Gasteiger partial charge >= 0.3 is 0 Å². The Morgan fingerprint density at radius 2 is 1.87 bits per heavy atom. The molecule has 0 unspecified atom stereocenters. The maximum atomic E-state index is 5.75. The van der Waals surface area contributed by atoms with E-state index < -0.39 is 0 Å². The van der Waals surface area contributed by atoms with E-state index in [1.165, 1.54) is 16.7 Å². The summed E-state index contributed by atoms with van der Waals surface area (Å²) in [5.41, 5.74) is 9.14. The van der Waals surface area contributed by atoms with Crippen molar-refractivity contribution in [2.75, 3.05) is 18.6 Å². The molecule has 0 atom stereocenters. The zero-order valence-corrected chi connectivity index (χ0v) is 10.5. The first kappa shape index (κ1) is 12.4. The summed E-state index contributed by atoms with van der Waals surface area (Å²) < 4.78 is 5.75. The lowest BCUT2D eigenvalue weighted by Gasteiger charge is -2.13. The maximum Gasteiger partial charge on any atom is 0.125 e. The lowest BCUT2D eigenvalue weighted by atomic mass is 10.1. The number of hydrogen-bond donors (Lipinski definition) is 1. The summed E-state index contributed by atoms with van der Waals surface area (Å²) in [6.07, 6.45) is 2.08. The summed E-state index contributed by atoms with van der Waals surface area (Å²) in [6.45, 7) is 5.50. The molecule has 84 valence electrons. The van der Waals surface area contributed by atoms with Crippen molar-refractivity contribution in [1.82, 2.24) is 0 Å². The Labute approximate surface area is 96.2 Å². The number of hydrogen-bond acceptors (Lipinski definition) is 3. The zero-order chi connectivity index (χ0) is 11.3. The van der Waals surface area contributed by atoms with E-state index in [-0.39, 0.29) is 0 Å². The van der Waals surface area contributed by atoms with Gasteiger partial charge in [0.15, 0.2) is 0 Å². The second-order valence-corrected chi connectivity index (χ2v) is 4.59. The molecule has 0 heterocycles. The van der Waals surface area contributed by atoms with Crippen molar-refractivity contribution in [2.45, 2.75) is 20.4 Å². The fourth-order valence-electron chi connectivity index (χ4n) is 1.61. The van der Waals surface area contributed by atoms with E-state index in [1.807, 2.05) is 0 Å². The Morgan fingerprint density at radius 3 is 2.33 bits per heavy atom. The highest BCUT2D eigenvalue weighted by Gasteiger charge is 2.05. The van der Waals surface area contributed by atoms with E-state index in [0.717, 1.165) is 18.1 Å². The van der Waals surface area contributed by atoms with Crippen LogP contribution in [0, 0.1) is 13.8 Å². The molecule has 2 N–H and O–H groups in total. The van der Waals surface area contributed by atoms with Crippen molar-refractivity contribution in [2.24, 2.45) is 5.73 Å². The van der Waals surface area contributed by atoms with Gasteiger partial charge in [-0.25, -0.2) is 0 Å². The van der Waals surface area contributed by atoms with Crippen molar-refractivity contribution in [1.29, 1.82) is 0 Å². The molecule has 0 spiro atoms. The van der Waals surface area contributed by atoms with Gasteiger partial charge < -0.3 is 10.5 Å². The summed E-state index contributed by atoms with van der Waals surface area (Å²) in [4.78, 5) is 0. The molecule has 0 saturated carbocycles. The average Bonchev–Trinajstić information content (AvgIpc) is 2.22. The highest BCUT2D eigenvalue weighted by atomic mass is 32.2. The molecule has 15 heavy (non-hydrogen) atoms. The fraction of sp³-hybridized carbons (Fsp3) is 0.500. The van der Waals surface area contributed by atoms with E-state index >= 15 is 0 Å². The van der Waals surface area contributed by atoms with Crippen molar-refractivity contribution < 1.29 is 4.74 Å². The van der Waals surface area contributed by atoms with Crippen LogP contribution in [-0.2, 0) is 6.54 Å². The SMILES string of the molecule is CSCCOc1c(C)cc(CN)cc1C. The molecule has 0 fully saturated rings. The Morgan fingerprint density at radius 1 is 1.27 bits per heavy atom. The largest absolute Gasteiger partial charge is 0.492 e. The van der Waals surface area contributed by atoms with Crippen LogP contribution >= 0.6 is 11.8 Å². The Kier molecular flexibility index (Phi) is 4.99. The quantitative estimate of drug-likeness (QED) is 0.782. The molecule has 0 saturated heterocycles. The van der Waals surface area contributed by atoms with Gasteiger partial charge in [0.05, 0.1) is 6.61 Å². The predicted octanol–water partition coefficient (Wildman–Crippen LogP) is 2.50. The molecular formula is C12H19NOS. The first-order valence-electron chi connectivity index (χ1n) is 5.11. The van der Waals surface area contributed by atoms with Gasteiger partial charge in [-0.3, -0.25) is 0 Å². The molecule has 0 aromatic heterocycles. The van der Waals surface area contributed by atoms with Gasteiger partial charge in [-0.1, -0.05) is 12.1 Å². The zero-order valence-electron chi connectivity index (χ0n) is 9.67. The number of aryl methyl sites for hydroxylation is 2. The van der Waals surface area contributed by atoms with Crippen molar-refractivity contribution in [3.05, 3.63) is 28.8 Å². The molecule has 1 aromatic carbocycles. The minimum atomic E-state index is 0.590. The molecule has 0 aliphatic rings. The van der Waals surface area contributed by atoms with Crippen LogP contribution in [0.4, 0.5) is 0 Å². The van der Waals surface area contributed by atoms with E-state index in [9.17, 15) is 0 Å². The molecule has 0 bridgehead atoms. The summed E-state index contributed by atoms with van der Waals surface area (Å²) >= 11 is 1.80. The third-order valence-electron chi connectivity index (χ3n) is 2.29. The van der Waals surface area contributed by atoms with Crippen LogP contribution in [0.2, 0.25) is 0 Å². The van der Waals surface area contributed by atoms with Gasteiger partial charge in [-0.2, -0.15) is 11.8 Å². The van der Waals surface area contributed by atoms with Gasteiger partial charge in [0.1, 0.15) is 5.75 Å². The third kappa shape index (κ3) is 3.43. The molecule has 3 heteroatoms. The van der Waals surface area contributed by atoms with E-state index in [2.05, 4.69) is 32.2 Å². The van der Waals surface area contributed by atoms with Crippen LogP contribution in [0.15, 0.2) is 12.1 Å². The van der Waals surface area contributed by atoms with Gasteiger partial charge in [0.2, 0.25) is 0 Å². The summed E-state index contributed by atoms with van der Waals surface area (Å²) in [5, 5.41) is 0. The highest BCUT2D eigenvalue weighted by molar-refractivity contribution is 7.98. The second kappa shape index (κ2) is 6.03. The molecule has 2 nitrogen and oxygen atoms in total. The lowest BCUT2D eigenvalue weighted by Crippen LogP contribution is -2.04. The normalized spacial score (nSPS) is 10.4.